The van der Waals surface area contributed by atoms with Gasteiger partial charge in [0.1, 0.15) is 5.54 Å². The summed E-state index contributed by atoms with van der Waals surface area (Å²) >= 11 is 0. The van der Waals surface area contributed by atoms with Crippen molar-refractivity contribution < 1.29 is 0 Å². The van der Waals surface area contributed by atoms with E-state index in [-0.39, 0.29) is 5.54 Å². The van der Waals surface area contributed by atoms with Crippen LogP contribution in [0.2, 0.25) is 0 Å². The largest absolute Gasteiger partial charge is 0.308 e. The van der Waals surface area contributed by atoms with Gasteiger partial charge in [0, 0.05) is 13.1 Å². The molecule has 2 unspecified atom stereocenters. The molecule has 1 N–H and O–H groups in total. The molecule has 0 amide bonds. The van der Waals surface area contributed by atoms with Gasteiger partial charge in [0.2, 0.25) is 0 Å². The van der Waals surface area contributed by atoms with E-state index >= 15 is 0 Å². The lowest BCUT2D eigenvalue weighted by molar-refractivity contribution is 0.235. The summed E-state index contributed by atoms with van der Waals surface area (Å²) in [4.78, 5) is 4.59. The van der Waals surface area contributed by atoms with Gasteiger partial charge in [-0.2, -0.15) is 5.26 Å². The van der Waals surface area contributed by atoms with Crippen molar-refractivity contribution in [2.24, 2.45) is 5.92 Å². The Kier molecular flexibility index (Phi) is 6.78. The molecule has 0 bridgehead atoms. The van der Waals surface area contributed by atoms with Gasteiger partial charge in [-0.05, 0) is 59.4 Å². The maximum atomic E-state index is 9.53. The van der Waals surface area contributed by atoms with Crippen molar-refractivity contribution in [1.82, 2.24) is 15.1 Å². The van der Waals surface area contributed by atoms with Crippen LogP contribution in [0.3, 0.4) is 0 Å². The average Bonchev–Trinajstić information content (AvgIpc) is 2.78. The number of likely N-dealkylation sites (N-methyl/N-ethyl adjacent to an activating group) is 2. The summed E-state index contributed by atoms with van der Waals surface area (Å²) in [7, 11) is 6.40. The second-order valence-corrected chi connectivity index (χ2v) is 6.10. The second-order valence-electron chi connectivity index (χ2n) is 6.10. The molecule has 0 saturated heterocycles. The van der Waals surface area contributed by atoms with Crippen LogP contribution in [0.25, 0.3) is 0 Å². The first-order chi connectivity index (χ1) is 9.04. The molecule has 0 heterocycles. The molecule has 1 rings (SSSR count). The molecule has 2 atom stereocenters. The fraction of sp³-hybridized carbons (Fsp3) is 0.933. The van der Waals surface area contributed by atoms with Crippen LogP contribution in [0.4, 0.5) is 0 Å². The fourth-order valence-electron chi connectivity index (χ4n) is 3.06. The van der Waals surface area contributed by atoms with Gasteiger partial charge in [-0.1, -0.05) is 13.3 Å². The third kappa shape index (κ3) is 4.76. The molecular formula is C15H30N4. The van der Waals surface area contributed by atoms with Gasteiger partial charge in [0.15, 0.2) is 0 Å². The standard InChI is InChI=1S/C15H30N4/c1-5-17-15(13-16)9-6-7-14(15)8-10-19(4)12-11-18(2)3/h14,17H,5-12H2,1-4H3. The monoisotopic (exact) mass is 266 g/mol. The normalized spacial score (nSPS) is 27.1. The van der Waals surface area contributed by atoms with E-state index in [1.54, 1.807) is 0 Å². The lowest BCUT2D eigenvalue weighted by atomic mass is 9.85. The van der Waals surface area contributed by atoms with Crippen molar-refractivity contribution in [1.29, 1.82) is 5.26 Å². The molecule has 4 heteroatoms. The molecule has 19 heavy (non-hydrogen) atoms. The Balaban J connectivity index is 2.41. The van der Waals surface area contributed by atoms with Crippen molar-refractivity contribution in [2.45, 2.75) is 38.1 Å². The highest BCUT2D eigenvalue weighted by atomic mass is 15.1. The first-order valence-electron chi connectivity index (χ1n) is 7.53. The van der Waals surface area contributed by atoms with Crippen molar-refractivity contribution in [3.05, 3.63) is 0 Å². The van der Waals surface area contributed by atoms with Crippen LogP contribution in [0.1, 0.15) is 32.6 Å². The molecule has 0 aromatic heterocycles. The van der Waals surface area contributed by atoms with E-state index in [9.17, 15) is 5.26 Å². The maximum Gasteiger partial charge on any atom is 0.109 e. The summed E-state index contributed by atoms with van der Waals surface area (Å²) in [6.07, 6.45) is 4.53. The van der Waals surface area contributed by atoms with Gasteiger partial charge in [0.25, 0.3) is 0 Å². The zero-order valence-corrected chi connectivity index (χ0v) is 13.1. The van der Waals surface area contributed by atoms with E-state index in [1.165, 1.54) is 12.8 Å². The summed E-state index contributed by atoms with van der Waals surface area (Å²) in [5.74, 6) is 0.513. The number of nitrogens with zero attached hydrogens (tertiary/aromatic N) is 3. The summed E-state index contributed by atoms with van der Waals surface area (Å²) in [5, 5.41) is 13.0. The molecular weight excluding hydrogens is 236 g/mol. The number of rotatable bonds is 8. The Hall–Kier alpha value is -0.630. The molecule has 0 aromatic carbocycles. The number of hydrogen-bond donors (Lipinski definition) is 1. The van der Waals surface area contributed by atoms with Gasteiger partial charge in [-0.15, -0.1) is 0 Å². The average molecular weight is 266 g/mol. The Morgan fingerprint density at radius 2 is 2.00 bits per heavy atom. The predicted molar refractivity (Wildman–Crippen MR) is 80.0 cm³/mol. The van der Waals surface area contributed by atoms with Gasteiger partial charge in [0.05, 0.1) is 6.07 Å². The van der Waals surface area contributed by atoms with E-state index in [0.717, 1.165) is 39.0 Å². The number of nitriles is 1. The fourth-order valence-corrected chi connectivity index (χ4v) is 3.06. The third-order valence-corrected chi connectivity index (χ3v) is 4.30. The van der Waals surface area contributed by atoms with Gasteiger partial charge in [-0.25, -0.2) is 0 Å². The summed E-state index contributed by atoms with van der Waals surface area (Å²) < 4.78 is 0. The van der Waals surface area contributed by atoms with Gasteiger partial charge in [-0.3, -0.25) is 5.32 Å². The molecule has 1 aliphatic carbocycles. The highest BCUT2D eigenvalue weighted by Gasteiger charge is 2.42. The molecule has 1 fully saturated rings. The molecule has 1 saturated carbocycles. The van der Waals surface area contributed by atoms with Crippen LogP contribution < -0.4 is 5.32 Å². The van der Waals surface area contributed by atoms with E-state index in [4.69, 9.17) is 0 Å². The van der Waals surface area contributed by atoms with Crippen molar-refractivity contribution in [2.75, 3.05) is 47.3 Å². The summed E-state index contributed by atoms with van der Waals surface area (Å²) in [6.45, 7) is 6.27. The minimum absolute atomic E-state index is 0.253. The minimum Gasteiger partial charge on any atom is -0.308 e. The van der Waals surface area contributed by atoms with Crippen LogP contribution in [0.5, 0.6) is 0 Å². The molecule has 110 valence electrons. The van der Waals surface area contributed by atoms with Crippen LogP contribution in [0, 0.1) is 17.2 Å². The molecule has 0 aromatic rings. The predicted octanol–water partition coefficient (Wildman–Crippen LogP) is 1.54. The highest BCUT2D eigenvalue weighted by Crippen LogP contribution is 2.37. The zero-order chi connectivity index (χ0) is 14.3. The topological polar surface area (TPSA) is 42.3 Å². The van der Waals surface area contributed by atoms with Crippen LogP contribution in [-0.2, 0) is 0 Å². The minimum atomic E-state index is -0.253. The summed E-state index contributed by atoms with van der Waals surface area (Å²) in [6, 6.07) is 2.56. The first kappa shape index (κ1) is 16.4. The summed E-state index contributed by atoms with van der Waals surface area (Å²) in [5.41, 5.74) is -0.253. The Labute approximate surface area is 118 Å². The quantitative estimate of drug-likeness (QED) is 0.724. The SMILES string of the molecule is CCNC1(C#N)CCCC1CCN(C)CCN(C)C. The van der Waals surface area contributed by atoms with E-state index < -0.39 is 0 Å². The van der Waals surface area contributed by atoms with Crippen molar-refractivity contribution in [3.8, 4) is 6.07 Å². The van der Waals surface area contributed by atoms with Crippen LogP contribution in [0.15, 0.2) is 0 Å². The lowest BCUT2D eigenvalue weighted by Crippen LogP contribution is -2.47. The number of hydrogen-bond acceptors (Lipinski definition) is 4. The number of nitrogens with one attached hydrogen (secondary N) is 1. The van der Waals surface area contributed by atoms with E-state index in [0.29, 0.717) is 5.92 Å². The van der Waals surface area contributed by atoms with Crippen molar-refractivity contribution in [3.63, 3.8) is 0 Å². The van der Waals surface area contributed by atoms with Gasteiger partial charge >= 0.3 is 0 Å². The highest BCUT2D eigenvalue weighted by molar-refractivity contribution is 5.14. The third-order valence-electron chi connectivity index (χ3n) is 4.30. The molecule has 1 aliphatic rings. The van der Waals surface area contributed by atoms with Crippen LogP contribution >= 0.6 is 0 Å². The molecule has 4 nitrogen and oxygen atoms in total. The van der Waals surface area contributed by atoms with Crippen molar-refractivity contribution >= 4 is 0 Å². The second kappa shape index (κ2) is 7.84. The Bertz CT molecular complexity index is 297. The molecule has 0 aliphatic heterocycles. The van der Waals surface area contributed by atoms with E-state index in [1.807, 2.05) is 0 Å². The van der Waals surface area contributed by atoms with Gasteiger partial charge < -0.3 is 9.80 Å². The Morgan fingerprint density at radius 1 is 1.26 bits per heavy atom. The maximum absolute atomic E-state index is 9.53. The smallest absolute Gasteiger partial charge is 0.109 e. The zero-order valence-electron chi connectivity index (χ0n) is 13.1. The van der Waals surface area contributed by atoms with E-state index in [2.05, 4.69) is 49.3 Å². The first-order valence-corrected chi connectivity index (χ1v) is 7.53. The lowest BCUT2D eigenvalue weighted by Gasteiger charge is -2.31. The van der Waals surface area contributed by atoms with Crippen LogP contribution in [-0.4, -0.2) is 62.7 Å². The molecule has 0 spiro atoms. The molecule has 0 radical (unpaired) electrons. The Morgan fingerprint density at radius 3 is 2.58 bits per heavy atom.